The van der Waals surface area contributed by atoms with E-state index < -0.39 is 22.2 Å². The molecule has 0 heterocycles. The van der Waals surface area contributed by atoms with Crippen LogP contribution in [-0.4, -0.2) is 34.3 Å². The zero-order valence-electron chi connectivity index (χ0n) is 16.5. The van der Waals surface area contributed by atoms with Gasteiger partial charge in [-0.25, -0.2) is 17.9 Å². The maximum absolute atomic E-state index is 12.9. The topological polar surface area (TPSA) is 81.7 Å². The molecule has 0 aliphatic heterocycles. The summed E-state index contributed by atoms with van der Waals surface area (Å²) in [6, 6.07) is 3.29. The summed E-state index contributed by atoms with van der Waals surface area (Å²) in [5, 5.41) is 0. The normalized spacial score (nSPS) is 13.6. The molecule has 26 heavy (non-hydrogen) atoms. The van der Waals surface area contributed by atoms with E-state index in [1.54, 1.807) is 26.8 Å². The molecule has 1 atom stereocenters. The van der Waals surface area contributed by atoms with Crippen LogP contribution in [0.1, 0.15) is 37.5 Å². The highest BCUT2D eigenvalue weighted by Gasteiger charge is 2.24. The van der Waals surface area contributed by atoms with Gasteiger partial charge in [-0.05, 0) is 50.3 Å². The Kier molecular flexibility index (Phi) is 7.84. The molecule has 1 N–H and O–H groups in total. The summed E-state index contributed by atoms with van der Waals surface area (Å²) < 4.78 is 38.0. The van der Waals surface area contributed by atoms with Crippen LogP contribution in [-0.2, 0) is 19.5 Å². The SMILES string of the molecule is COC(=O)OC/C(C)=C/C(NS(=O)(=O)c1c(C)cc(C)cc1C)C(C)C. The average Bonchev–Trinajstić information content (AvgIpc) is 2.50. The zero-order valence-corrected chi connectivity index (χ0v) is 17.4. The molecule has 1 aromatic carbocycles. The summed E-state index contributed by atoms with van der Waals surface area (Å²) in [4.78, 5) is 11.4. The van der Waals surface area contributed by atoms with Crippen molar-refractivity contribution in [1.29, 1.82) is 0 Å². The van der Waals surface area contributed by atoms with Gasteiger partial charge in [0, 0.05) is 6.04 Å². The predicted octanol–water partition coefficient (Wildman–Crippen LogP) is 3.64. The van der Waals surface area contributed by atoms with Crippen LogP contribution in [0, 0.1) is 26.7 Å². The Balaban J connectivity index is 3.08. The summed E-state index contributed by atoms with van der Waals surface area (Å²) in [5.74, 6) is 0.0175. The predicted molar refractivity (Wildman–Crippen MR) is 102 cm³/mol. The van der Waals surface area contributed by atoms with Crippen LogP contribution >= 0.6 is 0 Å². The molecule has 146 valence electrons. The molecule has 0 radical (unpaired) electrons. The molecule has 0 spiro atoms. The van der Waals surface area contributed by atoms with Gasteiger partial charge in [-0.3, -0.25) is 0 Å². The van der Waals surface area contributed by atoms with E-state index in [1.807, 2.05) is 32.9 Å². The molecule has 0 aromatic heterocycles. The van der Waals surface area contributed by atoms with Gasteiger partial charge in [0.05, 0.1) is 12.0 Å². The van der Waals surface area contributed by atoms with Crippen molar-refractivity contribution in [2.75, 3.05) is 13.7 Å². The molecule has 0 saturated carbocycles. The second-order valence-electron chi connectivity index (χ2n) is 6.87. The first-order valence-corrected chi connectivity index (χ1v) is 9.94. The third kappa shape index (κ3) is 6.14. The van der Waals surface area contributed by atoms with Crippen LogP contribution in [0.5, 0.6) is 0 Å². The van der Waals surface area contributed by atoms with Gasteiger partial charge in [-0.2, -0.15) is 0 Å². The lowest BCUT2D eigenvalue weighted by Gasteiger charge is -2.22. The number of benzene rings is 1. The third-order valence-electron chi connectivity index (χ3n) is 3.93. The number of methoxy groups -OCH3 is 1. The van der Waals surface area contributed by atoms with Crippen LogP contribution in [0.25, 0.3) is 0 Å². The van der Waals surface area contributed by atoms with E-state index in [0.717, 1.165) is 11.1 Å². The third-order valence-corrected chi connectivity index (χ3v) is 5.70. The summed E-state index contributed by atoms with van der Waals surface area (Å²) in [6.45, 7) is 11.2. The number of carbonyl (C=O) groups is 1. The van der Waals surface area contributed by atoms with Crippen LogP contribution in [0.4, 0.5) is 4.79 Å². The molecule has 6 nitrogen and oxygen atoms in total. The van der Waals surface area contributed by atoms with Crippen molar-refractivity contribution in [3.05, 3.63) is 40.5 Å². The van der Waals surface area contributed by atoms with E-state index in [-0.39, 0.29) is 12.5 Å². The van der Waals surface area contributed by atoms with E-state index in [9.17, 15) is 13.2 Å². The maximum atomic E-state index is 12.9. The molecule has 0 aliphatic carbocycles. The second-order valence-corrected chi connectivity index (χ2v) is 8.53. The molecule has 0 fully saturated rings. The monoisotopic (exact) mass is 383 g/mol. The number of hydrogen-bond acceptors (Lipinski definition) is 5. The summed E-state index contributed by atoms with van der Waals surface area (Å²) in [5.41, 5.74) is 3.18. The summed E-state index contributed by atoms with van der Waals surface area (Å²) in [7, 11) is -2.46. The Bertz CT molecular complexity index is 758. The number of aryl methyl sites for hydroxylation is 3. The first kappa shape index (κ1) is 22.2. The zero-order chi connectivity index (χ0) is 20.1. The highest BCUT2D eigenvalue weighted by atomic mass is 32.2. The van der Waals surface area contributed by atoms with E-state index >= 15 is 0 Å². The maximum Gasteiger partial charge on any atom is 0.508 e. The molecule has 1 unspecified atom stereocenters. The Morgan fingerprint density at radius 2 is 1.73 bits per heavy atom. The minimum atomic E-state index is -3.69. The van der Waals surface area contributed by atoms with Gasteiger partial charge in [0.2, 0.25) is 10.0 Å². The van der Waals surface area contributed by atoms with Gasteiger partial charge in [0.25, 0.3) is 0 Å². The lowest BCUT2D eigenvalue weighted by atomic mass is 10.0. The van der Waals surface area contributed by atoms with Crippen molar-refractivity contribution in [3.63, 3.8) is 0 Å². The van der Waals surface area contributed by atoms with Gasteiger partial charge in [-0.1, -0.05) is 37.6 Å². The second kappa shape index (κ2) is 9.19. The Hall–Kier alpha value is -1.86. The minimum absolute atomic E-state index is 0.0175. The van der Waals surface area contributed by atoms with E-state index in [2.05, 4.69) is 9.46 Å². The van der Waals surface area contributed by atoms with Gasteiger partial charge >= 0.3 is 6.16 Å². The number of hydrogen-bond donors (Lipinski definition) is 1. The fourth-order valence-electron chi connectivity index (χ4n) is 2.78. The van der Waals surface area contributed by atoms with Crippen LogP contribution in [0.15, 0.2) is 28.7 Å². The standard InChI is InChI=1S/C19H29NO5S/c1-12(2)17(10-14(4)11-25-19(21)24-7)20-26(22,23)18-15(5)8-13(3)9-16(18)6/h8-10,12,17,20H,11H2,1-7H3/b14-10+. The Labute approximate surface area is 156 Å². The van der Waals surface area contributed by atoms with Gasteiger partial charge in [-0.15, -0.1) is 0 Å². The van der Waals surface area contributed by atoms with E-state index in [0.29, 0.717) is 16.0 Å². The number of sulfonamides is 1. The molecule has 1 rings (SSSR count). The molecule has 0 saturated heterocycles. The van der Waals surface area contributed by atoms with Crippen molar-refractivity contribution < 1.29 is 22.7 Å². The lowest BCUT2D eigenvalue weighted by Crippen LogP contribution is -2.38. The molecule has 1 aromatic rings. The van der Waals surface area contributed by atoms with Crippen LogP contribution in [0.2, 0.25) is 0 Å². The molecule has 0 amide bonds. The number of nitrogens with one attached hydrogen (secondary N) is 1. The van der Waals surface area contributed by atoms with Crippen molar-refractivity contribution in [2.24, 2.45) is 5.92 Å². The minimum Gasteiger partial charge on any atom is -0.438 e. The van der Waals surface area contributed by atoms with Crippen molar-refractivity contribution >= 4 is 16.2 Å². The smallest absolute Gasteiger partial charge is 0.438 e. The van der Waals surface area contributed by atoms with Crippen LogP contribution < -0.4 is 4.72 Å². The molecular weight excluding hydrogens is 354 g/mol. The lowest BCUT2D eigenvalue weighted by molar-refractivity contribution is 0.0797. The van der Waals surface area contributed by atoms with E-state index in [1.165, 1.54) is 7.11 Å². The van der Waals surface area contributed by atoms with Gasteiger partial charge in [0.15, 0.2) is 0 Å². The largest absolute Gasteiger partial charge is 0.508 e. The highest BCUT2D eigenvalue weighted by Crippen LogP contribution is 2.23. The fourth-order valence-corrected chi connectivity index (χ4v) is 4.56. The summed E-state index contributed by atoms with van der Waals surface area (Å²) >= 11 is 0. The molecule has 0 aliphatic rings. The Morgan fingerprint density at radius 3 is 2.19 bits per heavy atom. The summed E-state index contributed by atoms with van der Waals surface area (Å²) in [6.07, 6.45) is 0.995. The fraction of sp³-hybridized carbons (Fsp3) is 0.526. The molecular formula is C19H29NO5S. The number of ether oxygens (including phenoxy) is 2. The first-order valence-electron chi connectivity index (χ1n) is 8.46. The van der Waals surface area contributed by atoms with Crippen molar-refractivity contribution in [3.8, 4) is 0 Å². The quantitative estimate of drug-likeness (QED) is 0.574. The molecule has 0 bridgehead atoms. The van der Waals surface area contributed by atoms with Crippen molar-refractivity contribution in [1.82, 2.24) is 4.72 Å². The highest BCUT2D eigenvalue weighted by molar-refractivity contribution is 7.89. The first-order chi connectivity index (χ1) is 12.0. The van der Waals surface area contributed by atoms with Gasteiger partial charge < -0.3 is 9.47 Å². The number of carbonyl (C=O) groups excluding carboxylic acids is 1. The average molecular weight is 384 g/mol. The van der Waals surface area contributed by atoms with E-state index in [4.69, 9.17) is 4.74 Å². The van der Waals surface area contributed by atoms with Gasteiger partial charge in [0.1, 0.15) is 6.61 Å². The molecule has 7 heteroatoms. The Morgan fingerprint density at radius 1 is 1.19 bits per heavy atom. The van der Waals surface area contributed by atoms with Crippen molar-refractivity contribution in [2.45, 2.75) is 52.5 Å². The number of rotatable bonds is 7. The van der Waals surface area contributed by atoms with Crippen LogP contribution in [0.3, 0.4) is 0 Å².